The lowest BCUT2D eigenvalue weighted by atomic mass is 10.00. The Morgan fingerprint density at radius 3 is 2.68 bits per heavy atom. The summed E-state index contributed by atoms with van der Waals surface area (Å²) in [7, 11) is 0. The third-order valence-electron chi connectivity index (χ3n) is 3.56. The second kappa shape index (κ2) is 5.02. The molecule has 0 saturated heterocycles. The summed E-state index contributed by atoms with van der Waals surface area (Å²) in [5.41, 5.74) is 2.89. The lowest BCUT2D eigenvalue weighted by molar-refractivity contribution is 0.161. The zero-order valence-corrected chi connectivity index (χ0v) is 10.5. The SMILES string of the molecule is O[C@@H]1Cc2cc(F)ccc2N[C@H](c2ccccc2)C1. The molecule has 0 unspecified atom stereocenters. The first-order valence-electron chi connectivity index (χ1n) is 6.50. The molecule has 1 aliphatic heterocycles. The number of aliphatic hydroxyl groups excluding tert-OH is 1. The van der Waals surface area contributed by atoms with Crippen molar-refractivity contribution >= 4 is 5.69 Å². The van der Waals surface area contributed by atoms with Gasteiger partial charge < -0.3 is 10.4 Å². The van der Waals surface area contributed by atoms with Crippen LogP contribution in [0.15, 0.2) is 48.5 Å². The van der Waals surface area contributed by atoms with Crippen molar-refractivity contribution in [2.24, 2.45) is 0 Å². The molecule has 19 heavy (non-hydrogen) atoms. The number of benzene rings is 2. The second-order valence-corrected chi connectivity index (χ2v) is 5.00. The fraction of sp³-hybridized carbons (Fsp3) is 0.250. The van der Waals surface area contributed by atoms with Gasteiger partial charge in [-0.3, -0.25) is 0 Å². The summed E-state index contributed by atoms with van der Waals surface area (Å²) >= 11 is 0. The van der Waals surface area contributed by atoms with Crippen LogP contribution in [0.4, 0.5) is 10.1 Å². The number of nitrogens with one attached hydrogen (secondary N) is 1. The highest BCUT2D eigenvalue weighted by Gasteiger charge is 2.22. The van der Waals surface area contributed by atoms with E-state index in [0.717, 1.165) is 16.8 Å². The van der Waals surface area contributed by atoms with Gasteiger partial charge in [0.25, 0.3) is 0 Å². The molecule has 0 bridgehead atoms. The van der Waals surface area contributed by atoms with Crippen molar-refractivity contribution in [3.63, 3.8) is 0 Å². The Morgan fingerprint density at radius 2 is 1.89 bits per heavy atom. The van der Waals surface area contributed by atoms with E-state index >= 15 is 0 Å². The van der Waals surface area contributed by atoms with Crippen LogP contribution in [-0.4, -0.2) is 11.2 Å². The normalized spacial score (nSPS) is 22.2. The molecule has 2 aromatic rings. The number of anilines is 1. The van der Waals surface area contributed by atoms with Crippen molar-refractivity contribution in [3.8, 4) is 0 Å². The average molecular weight is 257 g/mol. The topological polar surface area (TPSA) is 32.3 Å². The molecule has 98 valence electrons. The Bertz CT molecular complexity index is 570. The molecule has 2 nitrogen and oxygen atoms in total. The van der Waals surface area contributed by atoms with Crippen molar-refractivity contribution in [2.45, 2.75) is 25.0 Å². The maximum absolute atomic E-state index is 13.3. The van der Waals surface area contributed by atoms with E-state index in [1.165, 1.54) is 12.1 Å². The molecule has 2 atom stereocenters. The quantitative estimate of drug-likeness (QED) is 0.821. The molecule has 0 aromatic heterocycles. The molecule has 2 N–H and O–H groups in total. The van der Waals surface area contributed by atoms with Gasteiger partial charge in [-0.05, 0) is 35.7 Å². The molecule has 3 heteroatoms. The first-order valence-corrected chi connectivity index (χ1v) is 6.50. The fourth-order valence-corrected chi connectivity index (χ4v) is 2.63. The first kappa shape index (κ1) is 12.2. The average Bonchev–Trinajstić information content (AvgIpc) is 2.57. The number of rotatable bonds is 1. The summed E-state index contributed by atoms with van der Waals surface area (Å²) in [5.74, 6) is -0.258. The van der Waals surface area contributed by atoms with E-state index in [9.17, 15) is 9.50 Å². The van der Waals surface area contributed by atoms with Gasteiger partial charge in [0.2, 0.25) is 0 Å². The molecule has 0 aliphatic carbocycles. The van der Waals surface area contributed by atoms with E-state index in [0.29, 0.717) is 12.8 Å². The summed E-state index contributed by atoms with van der Waals surface area (Å²) in [6, 6.07) is 14.8. The maximum atomic E-state index is 13.3. The highest BCUT2D eigenvalue weighted by atomic mass is 19.1. The molecule has 1 heterocycles. The third kappa shape index (κ3) is 2.61. The van der Waals surface area contributed by atoms with Crippen LogP contribution in [0.2, 0.25) is 0 Å². The Labute approximate surface area is 111 Å². The monoisotopic (exact) mass is 257 g/mol. The smallest absolute Gasteiger partial charge is 0.123 e. The third-order valence-corrected chi connectivity index (χ3v) is 3.56. The van der Waals surface area contributed by atoms with Crippen LogP contribution >= 0.6 is 0 Å². The second-order valence-electron chi connectivity index (χ2n) is 5.00. The van der Waals surface area contributed by atoms with Gasteiger partial charge in [0.1, 0.15) is 5.82 Å². The highest BCUT2D eigenvalue weighted by molar-refractivity contribution is 5.54. The lowest BCUT2D eigenvalue weighted by Gasteiger charge is -2.19. The Kier molecular flexibility index (Phi) is 3.22. The van der Waals surface area contributed by atoms with Crippen LogP contribution in [0.1, 0.15) is 23.6 Å². The predicted molar refractivity (Wildman–Crippen MR) is 73.5 cm³/mol. The van der Waals surface area contributed by atoms with Crippen LogP contribution in [-0.2, 0) is 6.42 Å². The molecule has 1 aliphatic rings. The van der Waals surface area contributed by atoms with Crippen molar-refractivity contribution in [2.75, 3.05) is 5.32 Å². The number of halogens is 1. The molecule has 0 spiro atoms. The van der Waals surface area contributed by atoms with Gasteiger partial charge in [-0.15, -0.1) is 0 Å². The first-order chi connectivity index (χ1) is 9.22. The fourth-order valence-electron chi connectivity index (χ4n) is 2.63. The van der Waals surface area contributed by atoms with E-state index in [2.05, 4.69) is 5.32 Å². The van der Waals surface area contributed by atoms with Gasteiger partial charge in [0.15, 0.2) is 0 Å². The maximum Gasteiger partial charge on any atom is 0.123 e. The van der Waals surface area contributed by atoms with Crippen LogP contribution in [0.25, 0.3) is 0 Å². The largest absolute Gasteiger partial charge is 0.393 e. The van der Waals surface area contributed by atoms with Crippen LogP contribution in [0.5, 0.6) is 0 Å². The van der Waals surface area contributed by atoms with Gasteiger partial charge in [-0.1, -0.05) is 30.3 Å². The highest BCUT2D eigenvalue weighted by Crippen LogP contribution is 2.31. The predicted octanol–water partition coefficient (Wildman–Crippen LogP) is 3.29. The lowest BCUT2D eigenvalue weighted by Crippen LogP contribution is -2.16. The van der Waals surface area contributed by atoms with Gasteiger partial charge in [-0.25, -0.2) is 4.39 Å². The molecule has 0 amide bonds. The zero-order valence-electron chi connectivity index (χ0n) is 10.5. The van der Waals surface area contributed by atoms with Gasteiger partial charge >= 0.3 is 0 Å². The van der Waals surface area contributed by atoms with E-state index < -0.39 is 6.10 Å². The number of hydrogen-bond donors (Lipinski definition) is 2. The Balaban J connectivity index is 1.96. The molecular weight excluding hydrogens is 241 g/mol. The number of aliphatic hydroxyl groups is 1. The Hall–Kier alpha value is -1.87. The minimum Gasteiger partial charge on any atom is -0.393 e. The van der Waals surface area contributed by atoms with E-state index in [1.54, 1.807) is 6.07 Å². The van der Waals surface area contributed by atoms with E-state index in [4.69, 9.17) is 0 Å². The Morgan fingerprint density at radius 1 is 1.11 bits per heavy atom. The number of hydrogen-bond acceptors (Lipinski definition) is 2. The van der Waals surface area contributed by atoms with Gasteiger partial charge in [-0.2, -0.15) is 0 Å². The summed E-state index contributed by atoms with van der Waals surface area (Å²) in [6.45, 7) is 0. The minimum atomic E-state index is -0.458. The number of fused-ring (bicyclic) bond motifs is 1. The molecule has 2 aromatic carbocycles. The molecule has 0 radical (unpaired) electrons. The van der Waals surface area contributed by atoms with Crippen LogP contribution < -0.4 is 5.32 Å². The summed E-state index contributed by atoms with van der Waals surface area (Å²) in [5, 5.41) is 13.5. The van der Waals surface area contributed by atoms with Crippen molar-refractivity contribution in [1.29, 1.82) is 0 Å². The zero-order chi connectivity index (χ0) is 13.2. The minimum absolute atomic E-state index is 0.0583. The van der Waals surface area contributed by atoms with E-state index in [1.807, 2.05) is 30.3 Å². The van der Waals surface area contributed by atoms with Gasteiger partial charge in [0.05, 0.1) is 12.1 Å². The van der Waals surface area contributed by atoms with E-state index in [-0.39, 0.29) is 11.9 Å². The van der Waals surface area contributed by atoms with Crippen molar-refractivity contribution < 1.29 is 9.50 Å². The summed E-state index contributed by atoms with van der Waals surface area (Å²) in [6.07, 6.45) is 0.657. The molecule has 0 fully saturated rings. The summed E-state index contributed by atoms with van der Waals surface area (Å²) < 4.78 is 13.3. The van der Waals surface area contributed by atoms with Crippen molar-refractivity contribution in [3.05, 3.63) is 65.5 Å². The van der Waals surface area contributed by atoms with Crippen LogP contribution in [0.3, 0.4) is 0 Å². The summed E-state index contributed by atoms with van der Waals surface area (Å²) in [4.78, 5) is 0. The molecule has 3 rings (SSSR count). The standard InChI is InChI=1S/C16H16FNO/c17-13-6-7-15-12(8-13)9-14(19)10-16(18-15)11-4-2-1-3-5-11/h1-8,14,16,18-19H,9-10H2/t14-,16+/m1/s1. The van der Waals surface area contributed by atoms with Crippen molar-refractivity contribution in [1.82, 2.24) is 0 Å². The molecular formula is C16H16FNO. The molecule has 0 saturated carbocycles. The van der Waals surface area contributed by atoms with Crippen LogP contribution in [0, 0.1) is 5.82 Å². The van der Waals surface area contributed by atoms with Gasteiger partial charge in [0, 0.05) is 12.1 Å².